The van der Waals surface area contributed by atoms with Gasteiger partial charge in [-0.3, -0.25) is 4.79 Å². The quantitative estimate of drug-likeness (QED) is 0.753. The summed E-state index contributed by atoms with van der Waals surface area (Å²) in [5, 5.41) is 8.68. The van der Waals surface area contributed by atoms with Gasteiger partial charge in [0.15, 0.2) is 0 Å². The Labute approximate surface area is 94.8 Å². The number of urea groups is 1. The molecule has 0 spiro atoms. The van der Waals surface area contributed by atoms with Crippen LogP contribution in [-0.2, 0) is 9.53 Å². The number of carbonyl (C=O) groups is 2. The summed E-state index contributed by atoms with van der Waals surface area (Å²) in [4.78, 5) is 25.5. The van der Waals surface area contributed by atoms with Crippen molar-refractivity contribution in [2.75, 3.05) is 39.4 Å². The Morgan fingerprint density at radius 1 is 1.38 bits per heavy atom. The SMILES string of the molecule is CCN(CC(=O)O)C(=O)N1CCCOCC1. The molecular weight excluding hydrogens is 212 g/mol. The highest BCUT2D eigenvalue weighted by Crippen LogP contribution is 2.04. The Kier molecular flexibility index (Phi) is 5.04. The normalized spacial score (nSPS) is 16.7. The second-order valence-corrected chi connectivity index (χ2v) is 3.64. The van der Waals surface area contributed by atoms with Crippen molar-refractivity contribution in [2.45, 2.75) is 13.3 Å². The second-order valence-electron chi connectivity index (χ2n) is 3.64. The van der Waals surface area contributed by atoms with Gasteiger partial charge in [0.1, 0.15) is 6.54 Å². The number of hydrogen-bond donors (Lipinski definition) is 1. The van der Waals surface area contributed by atoms with Gasteiger partial charge in [-0.25, -0.2) is 4.79 Å². The lowest BCUT2D eigenvalue weighted by Gasteiger charge is -2.27. The number of carbonyl (C=O) groups excluding carboxylic acids is 1. The summed E-state index contributed by atoms with van der Waals surface area (Å²) >= 11 is 0. The van der Waals surface area contributed by atoms with Crippen molar-refractivity contribution < 1.29 is 19.4 Å². The first-order chi connectivity index (χ1) is 7.65. The molecule has 1 saturated heterocycles. The van der Waals surface area contributed by atoms with Crippen molar-refractivity contribution >= 4 is 12.0 Å². The van der Waals surface area contributed by atoms with Crippen LogP contribution in [0.15, 0.2) is 0 Å². The van der Waals surface area contributed by atoms with Crippen LogP contribution in [0.25, 0.3) is 0 Å². The maximum Gasteiger partial charge on any atom is 0.323 e. The van der Waals surface area contributed by atoms with Gasteiger partial charge >= 0.3 is 12.0 Å². The molecule has 1 rings (SSSR count). The average molecular weight is 230 g/mol. The molecular formula is C10H18N2O4. The number of likely N-dealkylation sites (N-methyl/N-ethyl adjacent to an activating group) is 1. The number of amides is 2. The van der Waals surface area contributed by atoms with Crippen molar-refractivity contribution in [3.05, 3.63) is 0 Å². The van der Waals surface area contributed by atoms with Crippen molar-refractivity contribution in [3.63, 3.8) is 0 Å². The Morgan fingerprint density at radius 2 is 2.12 bits per heavy atom. The molecule has 92 valence electrons. The zero-order valence-corrected chi connectivity index (χ0v) is 9.52. The highest BCUT2D eigenvalue weighted by molar-refractivity contribution is 5.80. The molecule has 6 heteroatoms. The Balaban J connectivity index is 2.54. The summed E-state index contributed by atoms with van der Waals surface area (Å²) < 4.78 is 5.24. The van der Waals surface area contributed by atoms with Gasteiger partial charge in [0, 0.05) is 26.2 Å². The molecule has 6 nitrogen and oxygen atoms in total. The number of carboxylic acid groups (broad SMARTS) is 1. The van der Waals surface area contributed by atoms with Crippen molar-refractivity contribution in [1.29, 1.82) is 0 Å². The van der Waals surface area contributed by atoms with E-state index in [0.717, 1.165) is 6.42 Å². The van der Waals surface area contributed by atoms with Gasteiger partial charge in [-0.1, -0.05) is 0 Å². The van der Waals surface area contributed by atoms with Crippen LogP contribution in [0.1, 0.15) is 13.3 Å². The van der Waals surface area contributed by atoms with Crippen LogP contribution >= 0.6 is 0 Å². The summed E-state index contributed by atoms with van der Waals surface area (Å²) in [7, 11) is 0. The van der Waals surface area contributed by atoms with E-state index in [2.05, 4.69) is 0 Å². The molecule has 1 heterocycles. The molecule has 0 atom stereocenters. The van der Waals surface area contributed by atoms with Gasteiger partial charge in [0.25, 0.3) is 0 Å². The Hall–Kier alpha value is -1.30. The van der Waals surface area contributed by atoms with E-state index in [-0.39, 0.29) is 12.6 Å². The maximum atomic E-state index is 12.0. The molecule has 0 unspecified atom stereocenters. The van der Waals surface area contributed by atoms with Gasteiger partial charge in [-0.05, 0) is 13.3 Å². The van der Waals surface area contributed by atoms with E-state index in [1.165, 1.54) is 4.90 Å². The third-order valence-electron chi connectivity index (χ3n) is 2.47. The lowest BCUT2D eigenvalue weighted by Crippen LogP contribution is -2.46. The predicted octanol–water partition coefficient (Wildman–Crippen LogP) is 0.235. The Bertz CT molecular complexity index is 249. The predicted molar refractivity (Wildman–Crippen MR) is 57.3 cm³/mol. The molecule has 0 bridgehead atoms. The minimum absolute atomic E-state index is 0.213. The zero-order valence-electron chi connectivity index (χ0n) is 9.52. The molecule has 0 aromatic carbocycles. The standard InChI is InChI=1S/C10H18N2O4/c1-2-11(8-9(13)14)10(15)12-4-3-6-16-7-5-12/h2-8H2,1H3,(H,13,14). The van der Waals surface area contributed by atoms with Gasteiger partial charge < -0.3 is 19.6 Å². The van der Waals surface area contributed by atoms with E-state index in [1.54, 1.807) is 11.8 Å². The van der Waals surface area contributed by atoms with E-state index in [4.69, 9.17) is 9.84 Å². The lowest BCUT2D eigenvalue weighted by molar-refractivity contribution is -0.137. The minimum atomic E-state index is -0.985. The molecule has 0 aromatic rings. The first kappa shape index (κ1) is 12.8. The molecule has 1 aliphatic rings. The summed E-state index contributed by atoms with van der Waals surface area (Å²) in [5.74, 6) is -0.985. The largest absolute Gasteiger partial charge is 0.480 e. The third kappa shape index (κ3) is 3.69. The van der Waals surface area contributed by atoms with Gasteiger partial charge in [0.2, 0.25) is 0 Å². The van der Waals surface area contributed by atoms with Gasteiger partial charge in [-0.2, -0.15) is 0 Å². The molecule has 1 aliphatic heterocycles. The molecule has 16 heavy (non-hydrogen) atoms. The highest BCUT2D eigenvalue weighted by atomic mass is 16.5. The van der Waals surface area contributed by atoms with Crippen molar-refractivity contribution in [2.24, 2.45) is 0 Å². The fourth-order valence-corrected chi connectivity index (χ4v) is 1.62. The summed E-state index contributed by atoms with van der Waals surface area (Å²) in [6.45, 7) is 4.29. The number of nitrogens with zero attached hydrogens (tertiary/aromatic N) is 2. The number of rotatable bonds is 3. The number of carboxylic acids is 1. The first-order valence-electron chi connectivity index (χ1n) is 5.48. The zero-order chi connectivity index (χ0) is 12.0. The monoisotopic (exact) mass is 230 g/mol. The first-order valence-corrected chi connectivity index (χ1v) is 5.48. The van der Waals surface area contributed by atoms with Crippen molar-refractivity contribution in [1.82, 2.24) is 9.80 Å². The van der Waals surface area contributed by atoms with Gasteiger partial charge in [-0.15, -0.1) is 0 Å². The average Bonchev–Trinajstić information content (AvgIpc) is 2.53. The van der Waals surface area contributed by atoms with Crippen LogP contribution in [0.2, 0.25) is 0 Å². The van der Waals surface area contributed by atoms with Gasteiger partial charge in [0.05, 0.1) is 6.61 Å². The van der Waals surface area contributed by atoms with Crippen LogP contribution in [-0.4, -0.2) is 66.3 Å². The molecule has 2 amide bonds. The van der Waals surface area contributed by atoms with Crippen LogP contribution in [0.4, 0.5) is 4.79 Å². The molecule has 0 aromatic heterocycles. The van der Waals surface area contributed by atoms with Crippen LogP contribution in [0.5, 0.6) is 0 Å². The van der Waals surface area contributed by atoms with Crippen LogP contribution in [0, 0.1) is 0 Å². The molecule has 0 saturated carbocycles. The minimum Gasteiger partial charge on any atom is -0.480 e. The van der Waals surface area contributed by atoms with E-state index in [0.29, 0.717) is 32.8 Å². The fourth-order valence-electron chi connectivity index (χ4n) is 1.62. The van der Waals surface area contributed by atoms with E-state index >= 15 is 0 Å². The van der Waals surface area contributed by atoms with E-state index in [1.807, 2.05) is 0 Å². The fraction of sp³-hybridized carbons (Fsp3) is 0.800. The Morgan fingerprint density at radius 3 is 2.75 bits per heavy atom. The smallest absolute Gasteiger partial charge is 0.323 e. The maximum absolute atomic E-state index is 12.0. The lowest BCUT2D eigenvalue weighted by atomic mass is 10.4. The van der Waals surface area contributed by atoms with E-state index < -0.39 is 5.97 Å². The highest BCUT2D eigenvalue weighted by Gasteiger charge is 2.22. The topological polar surface area (TPSA) is 70.1 Å². The number of ether oxygens (including phenoxy) is 1. The molecule has 0 aliphatic carbocycles. The molecule has 0 radical (unpaired) electrons. The number of hydrogen-bond acceptors (Lipinski definition) is 3. The van der Waals surface area contributed by atoms with Crippen molar-refractivity contribution in [3.8, 4) is 0 Å². The molecule has 1 N–H and O–H groups in total. The summed E-state index contributed by atoms with van der Waals surface area (Å²) in [6, 6.07) is -0.213. The molecule has 1 fully saturated rings. The van der Waals surface area contributed by atoms with Crippen LogP contribution in [0.3, 0.4) is 0 Å². The third-order valence-corrected chi connectivity index (χ3v) is 2.47. The summed E-state index contributed by atoms with van der Waals surface area (Å²) in [5.41, 5.74) is 0. The summed E-state index contributed by atoms with van der Waals surface area (Å²) in [6.07, 6.45) is 0.802. The van der Waals surface area contributed by atoms with Crippen LogP contribution < -0.4 is 0 Å². The second kappa shape index (κ2) is 6.32. The number of aliphatic carboxylic acids is 1. The van der Waals surface area contributed by atoms with E-state index in [9.17, 15) is 9.59 Å².